The van der Waals surface area contributed by atoms with Crippen LogP contribution in [0.4, 0.5) is 11.5 Å². The lowest BCUT2D eigenvalue weighted by molar-refractivity contribution is 0.599. The summed E-state index contributed by atoms with van der Waals surface area (Å²) in [6.07, 6.45) is 0. The molecule has 0 saturated heterocycles. The molecule has 0 amide bonds. The Balaban J connectivity index is 2.39. The Morgan fingerprint density at radius 1 is 1.47 bits per heavy atom. The number of aromatic nitrogens is 2. The molecule has 0 atom stereocenters. The molecular formula is C14H22N4S. The van der Waals surface area contributed by atoms with Crippen molar-refractivity contribution >= 4 is 22.8 Å². The highest BCUT2D eigenvalue weighted by atomic mass is 32.1. The number of anilines is 2. The van der Waals surface area contributed by atoms with E-state index in [2.05, 4.69) is 48.3 Å². The quantitative estimate of drug-likeness (QED) is 0.913. The van der Waals surface area contributed by atoms with E-state index in [0.717, 1.165) is 30.3 Å². The van der Waals surface area contributed by atoms with Crippen molar-refractivity contribution in [3.63, 3.8) is 0 Å². The Labute approximate surface area is 118 Å². The number of aryl methyl sites for hydroxylation is 2. The molecule has 104 valence electrons. The second-order valence-electron chi connectivity index (χ2n) is 4.94. The number of rotatable bonds is 5. The molecule has 0 aliphatic rings. The van der Waals surface area contributed by atoms with Crippen molar-refractivity contribution in [3.05, 3.63) is 28.1 Å². The minimum absolute atomic E-state index is 0.380. The third kappa shape index (κ3) is 2.76. The van der Waals surface area contributed by atoms with Gasteiger partial charge in [-0.3, -0.25) is 0 Å². The maximum Gasteiger partial charge on any atom is 0.151 e. The zero-order valence-electron chi connectivity index (χ0n) is 12.1. The topological polar surface area (TPSA) is 47.1 Å². The largest absolute Gasteiger partial charge is 0.394 e. The molecule has 2 heterocycles. The minimum Gasteiger partial charge on any atom is -0.394 e. The standard InChI is InChI=1S/C14H22N4S/c1-5-18-14(13(15)11(4)16-18)17(10(2)3)9-12-7-6-8-19-12/h6-8,10H,5,9,15H2,1-4H3. The lowest BCUT2D eigenvalue weighted by atomic mass is 10.2. The SMILES string of the molecule is CCn1nc(C)c(N)c1N(Cc1cccs1)C(C)C. The summed E-state index contributed by atoms with van der Waals surface area (Å²) < 4.78 is 2.00. The smallest absolute Gasteiger partial charge is 0.151 e. The molecule has 2 N–H and O–H groups in total. The molecule has 0 aromatic carbocycles. The summed E-state index contributed by atoms with van der Waals surface area (Å²) in [5.41, 5.74) is 7.93. The first-order valence-electron chi connectivity index (χ1n) is 6.66. The van der Waals surface area contributed by atoms with Gasteiger partial charge in [0.25, 0.3) is 0 Å². The van der Waals surface area contributed by atoms with Crippen LogP contribution in [0.3, 0.4) is 0 Å². The Morgan fingerprint density at radius 3 is 2.74 bits per heavy atom. The van der Waals surface area contributed by atoms with E-state index in [1.54, 1.807) is 11.3 Å². The van der Waals surface area contributed by atoms with E-state index in [1.807, 2.05) is 11.6 Å². The number of hydrogen-bond donors (Lipinski definition) is 1. The van der Waals surface area contributed by atoms with Crippen LogP contribution in [0, 0.1) is 6.92 Å². The van der Waals surface area contributed by atoms with Crippen molar-refractivity contribution in [1.29, 1.82) is 0 Å². The van der Waals surface area contributed by atoms with E-state index >= 15 is 0 Å². The monoisotopic (exact) mass is 278 g/mol. The first-order valence-corrected chi connectivity index (χ1v) is 7.54. The number of hydrogen-bond acceptors (Lipinski definition) is 4. The van der Waals surface area contributed by atoms with Gasteiger partial charge in [0.2, 0.25) is 0 Å². The van der Waals surface area contributed by atoms with Crippen LogP contribution in [0.25, 0.3) is 0 Å². The fourth-order valence-corrected chi connectivity index (χ4v) is 2.88. The Kier molecular flexibility index (Phi) is 4.14. The van der Waals surface area contributed by atoms with Gasteiger partial charge in [-0.25, -0.2) is 4.68 Å². The van der Waals surface area contributed by atoms with E-state index in [0.29, 0.717) is 6.04 Å². The molecule has 2 aromatic heterocycles. The molecule has 0 saturated carbocycles. The third-order valence-electron chi connectivity index (χ3n) is 3.25. The van der Waals surface area contributed by atoms with Crippen LogP contribution in [0.15, 0.2) is 17.5 Å². The van der Waals surface area contributed by atoms with Crippen molar-refractivity contribution in [2.45, 2.75) is 46.8 Å². The van der Waals surface area contributed by atoms with Crippen LogP contribution >= 0.6 is 11.3 Å². The van der Waals surface area contributed by atoms with E-state index < -0.39 is 0 Å². The van der Waals surface area contributed by atoms with Crippen LogP contribution in [0.1, 0.15) is 31.3 Å². The zero-order valence-corrected chi connectivity index (χ0v) is 12.9. The summed E-state index contributed by atoms with van der Waals surface area (Å²) in [5, 5.41) is 6.63. The molecule has 19 heavy (non-hydrogen) atoms. The normalized spacial score (nSPS) is 11.2. The van der Waals surface area contributed by atoms with E-state index in [-0.39, 0.29) is 0 Å². The van der Waals surface area contributed by atoms with Crippen LogP contribution in [0.2, 0.25) is 0 Å². The van der Waals surface area contributed by atoms with Crippen LogP contribution < -0.4 is 10.6 Å². The summed E-state index contributed by atoms with van der Waals surface area (Å²) in [5.74, 6) is 1.04. The van der Waals surface area contributed by atoms with Crippen molar-refractivity contribution in [3.8, 4) is 0 Å². The Bertz CT molecular complexity index is 528. The molecular weight excluding hydrogens is 256 g/mol. The number of thiophene rings is 1. The summed E-state index contributed by atoms with van der Waals surface area (Å²) >= 11 is 1.78. The van der Waals surface area contributed by atoms with Gasteiger partial charge in [-0.05, 0) is 39.1 Å². The van der Waals surface area contributed by atoms with Crippen LogP contribution in [-0.4, -0.2) is 15.8 Å². The Hall–Kier alpha value is -1.49. The molecule has 2 rings (SSSR count). The van der Waals surface area contributed by atoms with Gasteiger partial charge in [0, 0.05) is 17.5 Å². The molecule has 4 nitrogen and oxygen atoms in total. The van der Waals surface area contributed by atoms with Gasteiger partial charge in [0.05, 0.1) is 17.9 Å². The summed E-state index contributed by atoms with van der Waals surface area (Å²) in [7, 11) is 0. The minimum atomic E-state index is 0.380. The number of nitrogens with two attached hydrogens (primary N) is 1. The molecule has 5 heteroatoms. The average Bonchev–Trinajstić information content (AvgIpc) is 2.96. The van der Waals surface area contributed by atoms with Crippen molar-refractivity contribution < 1.29 is 0 Å². The van der Waals surface area contributed by atoms with E-state index in [9.17, 15) is 0 Å². The second kappa shape index (κ2) is 5.65. The molecule has 0 radical (unpaired) electrons. The maximum absolute atomic E-state index is 6.23. The first kappa shape index (κ1) is 13.9. The highest BCUT2D eigenvalue weighted by molar-refractivity contribution is 7.09. The molecule has 0 spiro atoms. The van der Waals surface area contributed by atoms with Crippen molar-refractivity contribution in [2.75, 3.05) is 10.6 Å². The predicted octanol–water partition coefficient (Wildman–Crippen LogP) is 3.27. The molecule has 0 aliphatic carbocycles. The Morgan fingerprint density at radius 2 is 2.21 bits per heavy atom. The molecule has 2 aromatic rings. The summed E-state index contributed by atoms with van der Waals surface area (Å²) in [6.45, 7) is 10.2. The highest BCUT2D eigenvalue weighted by Crippen LogP contribution is 2.30. The van der Waals surface area contributed by atoms with Gasteiger partial charge in [-0.2, -0.15) is 5.10 Å². The molecule has 0 aliphatic heterocycles. The van der Waals surface area contributed by atoms with E-state index in [1.165, 1.54) is 4.88 Å². The molecule has 0 bridgehead atoms. The van der Waals surface area contributed by atoms with Crippen molar-refractivity contribution in [2.24, 2.45) is 0 Å². The lowest BCUT2D eigenvalue weighted by Crippen LogP contribution is -2.32. The third-order valence-corrected chi connectivity index (χ3v) is 4.11. The number of nitrogens with zero attached hydrogens (tertiary/aromatic N) is 3. The zero-order chi connectivity index (χ0) is 14.0. The molecule has 0 fully saturated rings. The fourth-order valence-electron chi connectivity index (χ4n) is 2.18. The average molecular weight is 278 g/mol. The maximum atomic E-state index is 6.23. The predicted molar refractivity (Wildman–Crippen MR) is 82.7 cm³/mol. The van der Waals surface area contributed by atoms with Gasteiger partial charge in [-0.1, -0.05) is 6.07 Å². The molecule has 0 unspecified atom stereocenters. The second-order valence-corrected chi connectivity index (χ2v) is 5.97. The van der Waals surface area contributed by atoms with Crippen LogP contribution in [0.5, 0.6) is 0 Å². The van der Waals surface area contributed by atoms with Crippen molar-refractivity contribution in [1.82, 2.24) is 9.78 Å². The highest BCUT2D eigenvalue weighted by Gasteiger charge is 2.21. The van der Waals surface area contributed by atoms with Gasteiger partial charge < -0.3 is 10.6 Å². The van der Waals surface area contributed by atoms with E-state index in [4.69, 9.17) is 5.73 Å². The van der Waals surface area contributed by atoms with Gasteiger partial charge in [-0.15, -0.1) is 11.3 Å². The van der Waals surface area contributed by atoms with Gasteiger partial charge in [0.15, 0.2) is 5.82 Å². The lowest BCUT2D eigenvalue weighted by Gasteiger charge is -2.29. The number of nitrogen functional groups attached to an aromatic ring is 1. The summed E-state index contributed by atoms with van der Waals surface area (Å²) in [6, 6.07) is 4.63. The van der Waals surface area contributed by atoms with Gasteiger partial charge >= 0.3 is 0 Å². The van der Waals surface area contributed by atoms with Crippen LogP contribution in [-0.2, 0) is 13.1 Å². The first-order chi connectivity index (χ1) is 9.04. The fraction of sp³-hybridized carbons (Fsp3) is 0.500. The van der Waals surface area contributed by atoms with Gasteiger partial charge in [0.1, 0.15) is 0 Å². The summed E-state index contributed by atoms with van der Waals surface area (Å²) in [4.78, 5) is 3.67.